The van der Waals surface area contributed by atoms with Crippen LogP contribution in [0.1, 0.15) is 30.4 Å². The van der Waals surface area contributed by atoms with Crippen molar-refractivity contribution in [3.8, 4) is 0 Å². The van der Waals surface area contributed by atoms with Crippen molar-refractivity contribution in [1.82, 2.24) is 5.32 Å². The molecule has 21 heavy (non-hydrogen) atoms. The highest BCUT2D eigenvalue weighted by atomic mass is 19.4. The Morgan fingerprint density at radius 3 is 2.71 bits per heavy atom. The molecule has 3 N–H and O–H groups in total. The van der Waals surface area contributed by atoms with E-state index in [4.69, 9.17) is 5.73 Å². The normalized spacial score (nSPS) is 22.3. The van der Waals surface area contributed by atoms with Crippen molar-refractivity contribution in [2.75, 3.05) is 6.54 Å². The molecular formula is C15H19F3N2O. The quantitative estimate of drug-likeness (QED) is 0.897. The van der Waals surface area contributed by atoms with Crippen molar-refractivity contribution in [2.24, 2.45) is 11.7 Å². The van der Waals surface area contributed by atoms with E-state index in [1.54, 1.807) is 6.07 Å². The summed E-state index contributed by atoms with van der Waals surface area (Å²) >= 11 is 0. The Labute approximate surface area is 121 Å². The van der Waals surface area contributed by atoms with Gasteiger partial charge in [-0.25, -0.2) is 0 Å². The second kappa shape index (κ2) is 6.47. The molecule has 6 heteroatoms. The average Bonchev–Trinajstić information content (AvgIpc) is 2.85. The van der Waals surface area contributed by atoms with Crippen molar-refractivity contribution in [1.29, 1.82) is 0 Å². The van der Waals surface area contributed by atoms with Gasteiger partial charge in [-0.15, -0.1) is 0 Å². The molecule has 1 amide bonds. The first kappa shape index (κ1) is 15.8. The Morgan fingerprint density at radius 2 is 2.10 bits per heavy atom. The molecule has 0 saturated heterocycles. The monoisotopic (exact) mass is 300 g/mol. The lowest BCUT2D eigenvalue weighted by atomic mass is 10.1. The fourth-order valence-electron chi connectivity index (χ4n) is 2.63. The number of amides is 1. The predicted octanol–water partition coefficient (Wildman–Crippen LogP) is 2.49. The number of rotatable bonds is 4. The smallest absolute Gasteiger partial charge is 0.356 e. The van der Waals surface area contributed by atoms with E-state index in [1.165, 1.54) is 6.07 Å². The number of nitrogens with two attached hydrogens (primary N) is 1. The van der Waals surface area contributed by atoms with Gasteiger partial charge < -0.3 is 11.1 Å². The van der Waals surface area contributed by atoms with Gasteiger partial charge in [-0.1, -0.05) is 18.2 Å². The van der Waals surface area contributed by atoms with Crippen LogP contribution in [0.25, 0.3) is 0 Å². The molecule has 1 fully saturated rings. The number of hydrogen-bond donors (Lipinski definition) is 2. The van der Waals surface area contributed by atoms with Crippen molar-refractivity contribution in [3.05, 3.63) is 35.4 Å². The first-order valence-corrected chi connectivity index (χ1v) is 7.05. The summed E-state index contributed by atoms with van der Waals surface area (Å²) in [7, 11) is 0. The number of alkyl halides is 3. The first-order valence-electron chi connectivity index (χ1n) is 7.05. The van der Waals surface area contributed by atoms with Crippen LogP contribution in [-0.2, 0) is 17.4 Å². The van der Waals surface area contributed by atoms with E-state index in [0.29, 0.717) is 24.9 Å². The van der Waals surface area contributed by atoms with E-state index in [1.807, 2.05) is 0 Å². The number of carbonyl (C=O) groups excluding carboxylic acids is 1. The van der Waals surface area contributed by atoms with E-state index < -0.39 is 11.7 Å². The Kier molecular flexibility index (Phi) is 4.88. The number of halogens is 3. The van der Waals surface area contributed by atoms with E-state index in [2.05, 4.69) is 5.32 Å². The van der Waals surface area contributed by atoms with Crippen LogP contribution in [0.5, 0.6) is 0 Å². The van der Waals surface area contributed by atoms with Gasteiger partial charge in [0, 0.05) is 18.5 Å². The molecule has 2 atom stereocenters. The van der Waals surface area contributed by atoms with Crippen LogP contribution in [0.2, 0.25) is 0 Å². The molecule has 2 unspecified atom stereocenters. The molecular weight excluding hydrogens is 281 g/mol. The maximum absolute atomic E-state index is 12.6. The third-order valence-corrected chi connectivity index (χ3v) is 3.81. The molecule has 1 aromatic carbocycles. The fourth-order valence-corrected chi connectivity index (χ4v) is 2.63. The minimum atomic E-state index is -4.33. The van der Waals surface area contributed by atoms with Gasteiger partial charge in [0.1, 0.15) is 0 Å². The number of benzene rings is 1. The summed E-state index contributed by atoms with van der Waals surface area (Å²) in [5.41, 5.74) is 5.66. The highest BCUT2D eigenvalue weighted by Crippen LogP contribution is 2.29. The zero-order valence-corrected chi connectivity index (χ0v) is 11.6. The zero-order chi connectivity index (χ0) is 15.5. The summed E-state index contributed by atoms with van der Waals surface area (Å²) in [5.74, 6) is -0.101. The highest BCUT2D eigenvalue weighted by molar-refractivity contribution is 5.79. The number of carbonyl (C=O) groups is 1. The highest BCUT2D eigenvalue weighted by Gasteiger charge is 2.30. The molecule has 0 radical (unpaired) electrons. The van der Waals surface area contributed by atoms with Gasteiger partial charge in [0.05, 0.1) is 5.56 Å². The molecule has 0 heterocycles. The average molecular weight is 300 g/mol. The Hall–Kier alpha value is -1.56. The standard InChI is InChI=1S/C15H19F3N2O/c16-15(17,18)12-3-1-2-10(8-12)6-7-20-14(21)11-4-5-13(19)9-11/h1-3,8,11,13H,4-7,9,19H2,(H,20,21). The summed E-state index contributed by atoms with van der Waals surface area (Å²) in [6.07, 6.45) is -1.62. The summed E-state index contributed by atoms with van der Waals surface area (Å²) in [6.45, 7) is 0.339. The van der Waals surface area contributed by atoms with Crippen LogP contribution in [0.4, 0.5) is 13.2 Å². The molecule has 2 rings (SSSR count). The third-order valence-electron chi connectivity index (χ3n) is 3.81. The molecule has 1 aromatic rings. The summed E-state index contributed by atoms with van der Waals surface area (Å²) in [4.78, 5) is 11.9. The second-order valence-electron chi connectivity index (χ2n) is 5.51. The van der Waals surface area contributed by atoms with Gasteiger partial charge in [0.15, 0.2) is 0 Å². The Morgan fingerprint density at radius 1 is 1.33 bits per heavy atom. The molecule has 0 aromatic heterocycles. The lowest BCUT2D eigenvalue weighted by Crippen LogP contribution is -2.31. The van der Waals surface area contributed by atoms with Gasteiger partial charge in [0.25, 0.3) is 0 Å². The maximum atomic E-state index is 12.6. The fraction of sp³-hybridized carbons (Fsp3) is 0.533. The molecule has 1 aliphatic rings. The van der Waals surface area contributed by atoms with Gasteiger partial charge in [-0.05, 0) is 37.3 Å². The molecule has 3 nitrogen and oxygen atoms in total. The van der Waals surface area contributed by atoms with Gasteiger partial charge in [0.2, 0.25) is 5.91 Å². The van der Waals surface area contributed by atoms with Crippen LogP contribution in [0, 0.1) is 5.92 Å². The first-order chi connectivity index (χ1) is 9.86. The third kappa shape index (κ3) is 4.46. The Balaban J connectivity index is 1.82. The van der Waals surface area contributed by atoms with E-state index in [-0.39, 0.29) is 17.9 Å². The molecule has 0 bridgehead atoms. The van der Waals surface area contributed by atoms with Gasteiger partial charge in [-0.2, -0.15) is 13.2 Å². The second-order valence-corrected chi connectivity index (χ2v) is 5.51. The van der Waals surface area contributed by atoms with E-state index in [9.17, 15) is 18.0 Å². The summed E-state index contributed by atoms with van der Waals surface area (Å²) in [5, 5.41) is 2.78. The van der Waals surface area contributed by atoms with Crippen LogP contribution in [0.15, 0.2) is 24.3 Å². The number of nitrogens with one attached hydrogen (secondary N) is 1. The number of hydrogen-bond acceptors (Lipinski definition) is 2. The minimum Gasteiger partial charge on any atom is -0.356 e. The van der Waals surface area contributed by atoms with Crippen molar-refractivity contribution in [3.63, 3.8) is 0 Å². The topological polar surface area (TPSA) is 55.1 Å². The maximum Gasteiger partial charge on any atom is 0.416 e. The Bertz CT molecular complexity index is 502. The molecule has 1 saturated carbocycles. The molecule has 0 aliphatic heterocycles. The van der Waals surface area contributed by atoms with E-state index in [0.717, 1.165) is 25.0 Å². The van der Waals surface area contributed by atoms with Crippen LogP contribution in [-0.4, -0.2) is 18.5 Å². The lowest BCUT2D eigenvalue weighted by Gasteiger charge is -2.12. The van der Waals surface area contributed by atoms with Crippen molar-refractivity contribution >= 4 is 5.91 Å². The zero-order valence-electron chi connectivity index (χ0n) is 11.6. The molecule has 1 aliphatic carbocycles. The lowest BCUT2D eigenvalue weighted by molar-refractivity contribution is -0.137. The molecule has 116 valence electrons. The van der Waals surface area contributed by atoms with Crippen LogP contribution < -0.4 is 11.1 Å². The summed E-state index contributed by atoms with van der Waals surface area (Å²) in [6, 6.07) is 5.27. The van der Waals surface area contributed by atoms with Gasteiger partial charge in [-0.3, -0.25) is 4.79 Å². The minimum absolute atomic E-state index is 0.0464. The predicted molar refractivity (Wildman–Crippen MR) is 73.5 cm³/mol. The largest absolute Gasteiger partial charge is 0.416 e. The SMILES string of the molecule is NC1CCC(C(=O)NCCc2cccc(C(F)(F)F)c2)C1. The van der Waals surface area contributed by atoms with Crippen molar-refractivity contribution in [2.45, 2.75) is 37.9 Å². The van der Waals surface area contributed by atoms with Gasteiger partial charge >= 0.3 is 6.18 Å². The van der Waals surface area contributed by atoms with Crippen LogP contribution >= 0.6 is 0 Å². The van der Waals surface area contributed by atoms with Crippen molar-refractivity contribution < 1.29 is 18.0 Å². The van der Waals surface area contributed by atoms with E-state index >= 15 is 0 Å². The van der Waals surface area contributed by atoms with Crippen LogP contribution in [0.3, 0.4) is 0 Å². The summed E-state index contributed by atoms with van der Waals surface area (Å²) < 4.78 is 37.7. The molecule has 0 spiro atoms.